The Bertz CT molecular complexity index is 1050. The minimum Gasteiger partial charge on any atom is -0.494 e. The van der Waals surface area contributed by atoms with Crippen LogP contribution >= 0.6 is 0 Å². The van der Waals surface area contributed by atoms with Crippen LogP contribution in [0, 0.1) is 0 Å². The number of nitrogens with one attached hydrogen (secondary N) is 1. The van der Waals surface area contributed by atoms with Crippen LogP contribution in [-0.4, -0.2) is 60.6 Å². The summed E-state index contributed by atoms with van der Waals surface area (Å²) in [4.78, 5) is 44.4. The van der Waals surface area contributed by atoms with Gasteiger partial charge in [0, 0.05) is 18.8 Å². The molecule has 8 nitrogen and oxygen atoms in total. The van der Waals surface area contributed by atoms with Crippen LogP contribution in [0.2, 0.25) is 0 Å². The lowest BCUT2D eigenvalue weighted by molar-refractivity contribution is -0.126. The van der Waals surface area contributed by atoms with E-state index in [-0.39, 0.29) is 24.1 Å². The van der Waals surface area contributed by atoms with Gasteiger partial charge in [-0.25, -0.2) is 4.90 Å². The molecule has 3 fully saturated rings. The van der Waals surface area contributed by atoms with E-state index in [1.54, 1.807) is 24.3 Å². The highest BCUT2D eigenvalue weighted by atomic mass is 16.5. The second-order valence-corrected chi connectivity index (χ2v) is 8.71. The summed E-state index contributed by atoms with van der Waals surface area (Å²) in [5.74, 6) is 0.349. The molecule has 8 heteroatoms. The highest BCUT2D eigenvalue weighted by Gasteiger charge is 2.52. The van der Waals surface area contributed by atoms with Crippen LogP contribution in [0.25, 0.3) is 0 Å². The number of para-hydroxylation sites is 1. The van der Waals surface area contributed by atoms with E-state index in [9.17, 15) is 14.4 Å². The summed E-state index contributed by atoms with van der Waals surface area (Å²) in [5.41, 5.74) is 0.964. The van der Waals surface area contributed by atoms with Crippen molar-refractivity contribution in [3.05, 3.63) is 54.6 Å². The van der Waals surface area contributed by atoms with E-state index >= 15 is 0 Å². The number of carbonyl (C=O) groups excluding carboxylic acids is 3. The lowest BCUT2D eigenvalue weighted by Gasteiger charge is -2.44. The maximum Gasteiger partial charge on any atom is 0.251 e. The maximum absolute atomic E-state index is 13.2. The van der Waals surface area contributed by atoms with E-state index < -0.39 is 11.6 Å². The lowest BCUT2D eigenvalue weighted by Crippen LogP contribution is -2.58. The van der Waals surface area contributed by atoms with Crippen LogP contribution in [0.15, 0.2) is 54.6 Å². The third kappa shape index (κ3) is 3.64. The first-order valence-corrected chi connectivity index (χ1v) is 11.5. The fraction of sp³-hybridized carbons (Fsp3) is 0.400. The van der Waals surface area contributed by atoms with Crippen LogP contribution in [0.4, 0.5) is 11.4 Å². The van der Waals surface area contributed by atoms with Gasteiger partial charge in [0.05, 0.1) is 31.4 Å². The summed E-state index contributed by atoms with van der Waals surface area (Å²) < 4.78 is 5.46. The zero-order valence-corrected chi connectivity index (χ0v) is 18.7. The number of rotatable bonds is 5. The Kier molecular flexibility index (Phi) is 5.54. The monoisotopic (exact) mass is 448 g/mol. The van der Waals surface area contributed by atoms with Gasteiger partial charge in [0.1, 0.15) is 11.3 Å². The largest absolute Gasteiger partial charge is 0.494 e. The van der Waals surface area contributed by atoms with E-state index in [2.05, 4.69) is 15.1 Å². The summed E-state index contributed by atoms with van der Waals surface area (Å²) in [6, 6.07) is 16.5. The van der Waals surface area contributed by atoms with Crippen molar-refractivity contribution >= 4 is 29.1 Å². The standard InChI is InChI=1S/C25H28N4O4/c1-2-33-20-10-8-19(9-11-20)29-22(30)16-21(23(29)31)27-14-12-25(13-15-27)24(32)26-17-28(25)18-6-4-3-5-7-18/h3-11,21H,2,12-17H2,1H3,(H,26,32)/t21-/m0/s1. The van der Waals surface area contributed by atoms with Crippen molar-refractivity contribution < 1.29 is 19.1 Å². The Morgan fingerprint density at radius 1 is 0.970 bits per heavy atom. The molecule has 1 N–H and O–H groups in total. The zero-order chi connectivity index (χ0) is 23.0. The molecule has 33 heavy (non-hydrogen) atoms. The minimum absolute atomic E-state index is 0.0378. The van der Waals surface area contributed by atoms with Gasteiger partial charge in [-0.2, -0.15) is 0 Å². The second-order valence-electron chi connectivity index (χ2n) is 8.71. The summed E-state index contributed by atoms with van der Waals surface area (Å²) >= 11 is 0. The van der Waals surface area contributed by atoms with Crippen LogP contribution in [0.5, 0.6) is 5.75 Å². The first-order chi connectivity index (χ1) is 16.0. The molecule has 3 amide bonds. The van der Waals surface area contributed by atoms with Crippen LogP contribution in [0.1, 0.15) is 26.2 Å². The summed E-state index contributed by atoms with van der Waals surface area (Å²) in [5, 5.41) is 3.00. The number of hydrogen-bond donors (Lipinski definition) is 1. The molecule has 2 aromatic rings. The molecule has 0 unspecified atom stereocenters. The van der Waals surface area contributed by atoms with Crippen molar-refractivity contribution in [1.29, 1.82) is 0 Å². The fourth-order valence-electron chi connectivity index (χ4n) is 5.27. The molecule has 0 saturated carbocycles. The molecule has 3 heterocycles. The third-order valence-electron chi connectivity index (χ3n) is 7.00. The summed E-state index contributed by atoms with van der Waals surface area (Å²) in [7, 11) is 0. The molecule has 3 saturated heterocycles. The van der Waals surface area contributed by atoms with E-state index in [4.69, 9.17) is 4.74 Å². The number of ether oxygens (including phenoxy) is 1. The van der Waals surface area contributed by atoms with Gasteiger partial charge < -0.3 is 15.0 Å². The Balaban J connectivity index is 1.30. The van der Waals surface area contributed by atoms with E-state index in [0.717, 1.165) is 5.69 Å². The summed E-state index contributed by atoms with van der Waals surface area (Å²) in [6.45, 7) is 4.10. The number of piperidine rings is 1. The Morgan fingerprint density at radius 2 is 1.67 bits per heavy atom. The molecule has 0 bridgehead atoms. The summed E-state index contributed by atoms with van der Waals surface area (Å²) in [6.07, 6.45) is 1.37. The molecule has 1 spiro atoms. The van der Waals surface area contributed by atoms with Gasteiger partial charge in [-0.15, -0.1) is 0 Å². The van der Waals surface area contributed by atoms with E-state index in [1.807, 2.05) is 37.3 Å². The Morgan fingerprint density at radius 3 is 2.33 bits per heavy atom. The van der Waals surface area contributed by atoms with Crippen molar-refractivity contribution in [2.45, 2.75) is 37.8 Å². The van der Waals surface area contributed by atoms with Crippen molar-refractivity contribution in [1.82, 2.24) is 10.2 Å². The number of imide groups is 1. The van der Waals surface area contributed by atoms with Crippen molar-refractivity contribution in [2.24, 2.45) is 0 Å². The topological polar surface area (TPSA) is 82.2 Å². The predicted molar refractivity (Wildman–Crippen MR) is 124 cm³/mol. The Labute approximate surface area is 193 Å². The average Bonchev–Trinajstić information content (AvgIpc) is 3.31. The fourth-order valence-corrected chi connectivity index (χ4v) is 5.27. The van der Waals surface area contributed by atoms with Crippen LogP contribution < -0.4 is 19.9 Å². The highest BCUT2D eigenvalue weighted by molar-refractivity contribution is 6.22. The molecule has 0 radical (unpaired) electrons. The third-order valence-corrected chi connectivity index (χ3v) is 7.00. The molecule has 5 rings (SSSR count). The average molecular weight is 449 g/mol. The second kappa shape index (κ2) is 8.51. The minimum atomic E-state index is -0.613. The number of likely N-dealkylation sites (tertiary alicyclic amines) is 1. The van der Waals surface area contributed by atoms with Gasteiger partial charge in [-0.05, 0) is 56.2 Å². The molecule has 3 aliphatic rings. The van der Waals surface area contributed by atoms with Crippen LogP contribution in [-0.2, 0) is 14.4 Å². The SMILES string of the molecule is CCOc1ccc(N2C(=O)C[C@H](N3CCC4(CC3)C(=O)NCN4c3ccccc3)C2=O)cc1. The van der Waals surface area contributed by atoms with E-state index in [1.165, 1.54) is 4.90 Å². The number of benzene rings is 2. The molecular weight excluding hydrogens is 420 g/mol. The Hall–Kier alpha value is -3.39. The van der Waals surface area contributed by atoms with Crippen molar-refractivity contribution in [3.63, 3.8) is 0 Å². The predicted octanol–water partition coefficient (Wildman–Crippen LogP) is 2.15. The van der Waals surface area contributed by atoms with Crippen molar-refractivity contribution in [3.8, 4) is 5.75 Å². The zero-order valence-electron chi connectivity index (χ0n) is 18.7. The normalized spacial score (nSPS) is 22.8. The smallest absolute Gasteiger partial charge is 0.251 e. The first kappa shape index (κ1) is 21.5. The maximum atomic E-state index is 13.2. The quantitative estimate of drug-likeness (QED) is 0.706. The number of carbonyl (C=O) groups is 3. The highest BCUT2D eigenvalue weighted by Crippen LogP contribution is 2.38. The van der Waals surface area contributed by atoms with Crippen molar-refractivity contribution in [2.75, 3.05) is 36.2 Å². The van der Waals surface area contributed by atoms with Gasteiger partial charge >= 0.3 is 0 Å². The van der Waals surface area contributed by atoms with Gasteiger partial charge in [-0.1, -0.05) is 18.2 Å². The van der Waals surface area contributed by atoms with Gasteiger partial charge in [0.2, 0.25) is 11.8 Å². The number of hydrogen-bond acceptors (Lipinski definition) is 6. The molecule has 3 aliphatic heterocycles. The molecular formula is C25H28N4O4. The van der Waals surface area contributed by atoms with Crippen LogP contribution in [0.3, 0.4) is 0 Å². The molecule has 1 atom stereocenters. The van der Waals surface area contributed by atoms with Gasteiger partial charge in [0.15, 0.2) is 0 Å². The van der Waals surface area contributed by atoms with E-state index in [0.29, 0.717) is 50.6 Å². The molecule has 2 aromatic carbocycles. The van der Waals surface area contributed by atoms with Gasteiger partial charge in [0.25, 0.3) is 5.91 Å². The number of amides is 3. The lowest BCUT2D eigenvalue weighted by atomic mass is 9.85. The molecule has 172 valence electrons. The number of nitrogens with zero attached hydrogens (tertiary/aromatic N) is 3. The number of anilines is 2. The molecule has 0 aromatic heterocycles. The molecule has 0 aliphatic carbocycles. The van der Waals surface area contributed by atoms with Gasteiger partial charge in [-0.3, -0.25) is 19.3 Å². The first-order valence-electron chi connectivity index (χ1n) is 11.5.